The monoisotopic (exact) mass is 570 g/mol. The molecule has 1 fully saturated rings. The quantitative estimate of drug-likeness (QED) is 0.311. The number of hydrogen-bond donors (Lipinski definition) is 1. The number of esters is 1. The van der Waals surface area contributed by atoms with E-state index in [4.69, 9.17) is 9.47 Å². The van der Waals surface area contributed by atoms with Gasteiger partial charge in [-0.2, -0.15) is 13.2 Å². The van der Waals surface area contributed by atoms with E-state index in [0.717, 1.165) is 17.3 Å². The lowest BCUT2D eigenvalue weighted by atomic mass is 9.90. The van der Waals surface area contributed by atoms with Gasteiger partial charge in [0.25, 0.3) is 0 Å². The summed E-state index contributed by atoms with van der Waals surface area (Å²) >= 11 is 0. The Morgan fingerprint density at radius 3 is 2.29 bits per heavy atom. The summed E-state index contributed by atoms with van der Waals surface area (Å²) in [5.41, 5.74) is 0.525. The second kappa shape index (κ2) is 12.2. The first-order valence-corrected chi connectivity index (χ1v) is 13.2. The highest BCUT2D eigenvalue weighted by Crippen LogP contribution is 2.37. The topological polar surface area (TPSA) is 93.7 Å². The minimum Gasteiger partial charge on any atom is -0.469 e. The van der Waals surface area contributed by atoms with Crippen LogP contribution in [-0.4, -0.2) is 52.7 Å². The molecule has 3 aromatic rings. The van der Waals surface area contributed by atoms with Gasteiger partial charge in [0.2, 0.25) is 5.95 Å². The lowest BCUT2D eigenvalue weighted by Gasteiger charge is -2.40. The van der Waals surface area contributed by atoms with Gasteiger partial charge in [0.15, 0.2) is 0 Å². The molecular weight excluding hydrogens is 537 g/mol. The number of methoxy groups -OCH3 is 1. The fourth-order valence-electron chi connectivity index (χ4n) is 4.57. The highest BCUT2D eigenvalue weighted by atomic mass is 19.4. The van der Waals surface area contributed by atoms with Crippen LogP contribution >= 0.6 is 0 Å². The molecule has 11 heteroatoms. The summed E-state index contributed by atoms with van der Waals surface area (Å²) < 4.78 is 52.1. The highest BCUT2D eigenvalue weighted by Gasteiger charge is 2.38. The zero-order valence-corrected chi connectivity index (χ0v) is 23.4. The van der Waals surface area contributed by atoms with Crippen molar-refractivity contribution in [3.63, 3.8) is 0 Å². The average Bonchev–Trinajstić information content (AvgIpc) is 2.87. The molecule has 0 bridgehead atoms. The molecule has 1 aliphatic heterocycles. The summed E-state index contributed by atoms with van der Waals surface area (Å²) in [5.74, 6) is -1.39. The first kappa shape index (κ1) is 29.8. The zero-order chi connectivity index (χ0) is 29.8. The van der Waals surface area contributed by atoms with Crippen LogP contribution in [0.3, 0.4) is 0 Å². The third kappa shape index (κ3) is 7.96. The Bertz CT molecular complexity index is 1350. The van der Waals surface area contributed by atoms with E-state index in [-0.39, 0.29) is 36.5 Å². The van der Waals surface area contributed by atoms with Crippen molar-refractivity contribution in [2.75, 3.05) is 25.5 Å². The van der Waals surface area contributed by atoms with Crippen LogP contribution in [0.25, 0.3) is 0 Å². The first-order valence-electron chi connectivity index (χ1n) is 13.2. The van der Waals surface area contributed by atoms with Crippen molar-refractivity contribution >= 4 is 23.7 Å². The Labute approximate surface area is 236 Å². The SMILES string of the molecule is COC(=O)CC(Cc1ccccc1)c1nc(Nc2ccc(C3CN(C(=O)OC(C)(C)C)C3)cc2)ncc1C(F)(F)F. The summed E-state index contributed by atoms with van der Waals surface area (Å²) in [7, 11) is 1.20. The maximum atomic E-state index is 14.0. The van der Waals surface area contributed by atoms with Crippen molar-refractivity contribution in [1.82, 2.24) is 14.9 Å². The average molecular weight is 571 g/mol. The van der Waals surface area contributed by atoms with E-state index in [2.05, 4.69) is 15.3 Å². The Hall–Kier alpha value is -4.15. The van der Waals surface area contributed by atoms with E-state index < -0.39 is 29.2 Å². The van der Waals surface area contributed by atoms with Crippen molar-refractivity contribution in [3.8, 4) is 0 Å². The molecule has 218 valence electrons. The van der Waals surface area contributed by atoms with E-state index in [1.165, 1.54) is 7.11 Å². The zero-order valence-electron chi connectivity index (χ0n) is 23.4. The number of benzene rings is 2. The molecule has 1 aliphatic rings. The smallest absolute Gasteiger partial charge is 0.419 e. The van der Waals surface area contributed by atoms with Crippen LogP contribution in [0.5, 0.6) is 0 Å². The second-order valence-corrected chi connectivity index (χ2v) is 11.0. The molecule has 1 aromatic heterocycles. The van der Waals surface area contributed by atoms with Crippen LogP contribution in [0.15, 0.2) is 60.8 Å². The molecule has 8 nitrogen and oxygen atoms in total. The molecular formula is C30H33F3N4O4. The maximum Gasteiger partial charge on any atom is 0.419 e. The molecule has 1 N–H and O–H groups in total. The molecule has 0 saturated carbocycles. The van der Waals surface area contributed by atoms with Crippen LogP contribution < -0.4 is 5.32 Å². The molecule has 4 rings (SSSR count). The van der Waals surface area contributed by atoms with Crippen LogP contribution in [0.2, 0.25) is 0 Å². The van der Waals surface area contributed by atoms with Gasteiger partial charge < -0.3 is 19.7 Å². The van der Waals surface area contributed by atoms with Crippen molar-refractivity contribution in [2.45, 2.75) is 57.2 Å². The number of carbonyl (C=O) groups is 2. The summed E-state index contributed by atoms with van der Waals surface area (Å²) in [6.45, 7) is 6.53. The normalized spacial score (nSPS) is 14.7. The molecule has 1 atom stereocenters. The molecule has 2 aromatic carbocycles. The number of ether oxygens (including phenoxy) is 2. The number of anilines is 2. The lowest BCUT2D eigenvalue weighted by Crippen LogP contribution is -2.50. The Kier molecular flexibility index (Phi) is 8.84. The number of aromatic nitrogens is 2. The van der Waals surface area contributed by atoms with Crippen molar-refractivity contribution in [1.29, 1.82) is 0 Å². The second-order valence-electron chi connectivity index (χ2n) is 11.0. The van der Waals surface area contributed by atoms with Crippen LogP contribution in [0.4, 0.5) is 29.6 Å². The molecule has 0 spiro atoms. The lowest BCUT2D eigenvalue weighted by molar-refractivity contribution is -0.143. The molecule has 2 heterocycles. The van der Waals surface area contributed by atoms with E-state index in [1.807, 2.05) is 32.9 Å². The highest BCUT2D eigenvalue weighted by molar-refractivity contribution is 5.71. The third-order valence-electron chi connectivity index (χ3n) is 6.65. The molecule has 0 radical (unpaired) electrons. The number of carbonyl (C=O) groups excluding carboxylic acids is 2. The molecule has 0 aliphatic carbocycles. The van der Waals surface area contributed by atoms with Crippen molar-refractivity contribution in [2.24, 2.45) is 0 Å². The van der Waals surface area contributed by atoms with Gasteiger partial charge in [-0.25, -0.2) is 14.8 Å². The summed E-state index contributed by atoms with van der Waals surface area (Å²) in [6, 6.07) is 16.3. The van der Waals surface area contributed by atoms with Gasteiger partial charge in [-0.15, -0.1) is 0 Å². The largest absolute Gasteiger partial charge is 0.469 e. The van der Waals surface area contributed by atoms with Gasteiger partial charge in [-0.3, -0.25) is 4.79 Å². The molecule has 1 amide bonds. The fourth-order valence-corrected chi connectivity index (χ4v) is 4.57. The third-order valence-corrected chi connectivity index (χ3v) is 6.65. The molecule has 1 unspecified atom stereocenters. The van der Waals surface area contributed by atoms with Crippen LogP contribution in [0.1, 0.15) is 61.4 Å². The predicted octanol–water partition coefficient (Wildman–Crippen LogP) is 6.46. The number of likely N-dealkylation sites (tertiary alicyclic amines) is 1. The van der Waals surface area contributed by atoms with Crippen molar-refractivity contribution in [3.05, 3.63) is 83.2 Å². The van der Waals surface area contributed by atoms with Gasteiger partial charge in [0.1, 0.15) is 5.60 Å². The first-order chi connectivity index (χ1) is 19.3. The van der Waals surface area contributed by atoms with Gasteiger partial charge in [0, 0.05) is 36.8 Å². The summed E-state index contributed by atoms with van der Waals surface area (Å²) in [6.07, 6.45) is -4.43. The number of amides is 1. The van der Waals surface area contributed by atoms with Gasteiger partial charge >= 0.3 is 18.2 Å². The van der Waals surface area contributed by atoms with Gasteiger partial charge in [-0.05, 0) is 50.5 Å². The van der Waals surface area contributed by atoms with Crippen LogP contribution in [0, 0.1) is 0 Å². The predicted molar refractivity (Wildman–Crippen MR) is 147 cm³/mol. The Balaban J connectivity index is 1.51. The standard InChI is InChI=1S/C30H33F3N4O4/c1-29(2,3)41-28(39)37-17-22(18-37)20-10-12-23(13-11-20)35-27-34-16-24(30(31,32)33)26(36-27)21(15-25(38)40-4)14-19-8-6-5-7-9-19/h5-13,16,21-22H,14-15,17-18H2,1-4H3,(H,34,35,36). The van der Waals surface area contributed by atoms with E-state index in [0.29, 0.717) is 18.8 Å². The van der Waals surface area contributed by atoms with E-state index >= 15 is 0 Å². The van der Waals surface area contributed by atoms with E-state index in [9.17, 15) is 22.8 Å². The molecule has 41 heavy (non-hydrogen) atoms. The number of alkyl halides is 3. The number of nitrogens with one attached hydrogen (secondary N) is 1. The van der Waals surface area contributed by atoms with E-state index in [1.54, 1.807) is 47.4 Å². The van der Waals surface area contributed by atoms with Crippen LogP contribution in [-0.2, 0) is 26.9 Å². The Morgan fingerprint density at radius 2 is 1.71 bits per heavy atom. The minimum atomic E-state index is -4.71. The number of halogens is 3. The minimum absolute atomic E-state index is 0.0246. The number of nitrogens with zero attached hydrogens (tertiary/aromatic N) is 3. The molecule has 1 saturated heterocycles. The summed E-state index contributed by atoms with van der Waals surface area (Å²) in [4.78, 5) is 34.2. The number of rotatable bonds is 8. The Morgan fingerprint density at radius 1 is 1.05 bits per heavy atom. The number of hydrogen-bond acceptors (Lipinski definition) is 7. The maximum absolute atomic E-state index is 14.0. The fraction of sp³-hybridized carbons (Fsp3) is 0.400. The summed E-state index contributed by atoms with van der Waals surface area (Å²) in [5, 5.41) is 2.97. The van der Waals surface area contributed by atoms with Gasteiger partial charge in [-0.1, -0.05) is 42.5 Å². The van der Waals surface area contributed by atoms with Crippen molar-refractivity contribution < 1.29 is 32.2 Å². The van der Waals surface area contributed by atoms with Gasteiger partial charge in [0.05, 0.1) is 24.8 Å².